The van der Waals surface area contributed by atoms with Gasteiger partial charge in [-0.25, -0.2) is 4.39 Å². The normalized spacial score (nSPS) is 17.7. The molecule has 1 aliphatic rings. The van der Waals surface area contributed by atoms with Gasteiger partial charge in [-0.2, -0.15) is 0 Å². The number of carbonyl (C=O) groups excluding carboxylic acids is 1. The number of hydrogen-bond acceptors (Lipinski definition) is 3. The average molecular weight is 328 g/mol. The van der Waals surface area contributed by atoms with Gasteiger partial charge in [-0.05, 0) is 49.2 Å². The van der Waals surface area contributed by atoms with Crippen molar-refractivity contribution in [1.29, 1.82) is 0 Å². The minimum Gasteiger partial charge on any atom is -0.497 e. The van der Waals surface area contributed by atoms with Crippen molar-refractivity contribution in [3.05, 3.63) is 59.9 Å². The van der Waals surface area contributed by atoms with Crippen LogP contribution >= 0.6 is 0 Å². The SMILES string of the molecule is COc1cccc(NC(=O)CN2CCCC2c2ccc(F)cc2)c1. The highest BCUT2D eigenvalue weighted by molar-refractivity contribution is 5.92. The molecule has 24 heavy (non-hydrogen) atoms. The molecule has 1 atom stereocenters. The molecule has 1 N–H and O–H groups in total. The number of nitrogens with one attached hydrogen (secondary N) is 1. The Bertz CT molecular complexity index is 703. The van der Waals surface area contributed by atoms with Crippen LogP contribution in [0, 0.1) is 5.82 Å². The van der Waals surface area contributed by atoms with Crippen molar-refractivity contribution in [2.45, 2.75) is 18.9 Å². The Balaban J connectivity index is 1.63. The first kappa shape index (κ1) is 16.5. The quantitative estimate of drug-likeness (QED) is 0.912. The van der Waals surface area contributed by atoms with Crippen LogP contribution in [0.3, 0.4) is 0 Å². The van der Waals surface area contributed by atoms with E-state index >= 15 is 0 Å². The summed E-state index contributed by atoms with van der Waals surface area (Å²) in [4.78, 5) is 14.5. The first-order valence-electron chi connectivity index (χ1n) is 8.09. The van der Waals surface area contributed by atoms with Gasteiger partial charge in [0.2, 0.25) is 5.91 Å². The Morgan fingerprint density at radius 1 is 1.29 bits per heavy atom. The number of rotatable bonds is 5. The summed E-state index contributed by atoms with van der Waals surface area (Å²) >= 11 is 0. The molecule has 4 nitrogen and oxygen atoms in total. The Kier molecular flexibility index (Phi) is 5.11. The number of anilines is 1. The van der Waals surface area contributed by atoms with Gasteiger partial charge in [0, 0.05) is 17.8 Å². The predicted molar refractivity (Wildman–Crippen MR) is 91.6 cm³/mol. The molecule has 2 aromatic rings. The van der Waals surface area contributed by atoms with Gasteiger partial charge < -0.3 is 10.1 Å². The molecule has 1 heterocycles. The first-order chi connectivity index (χ1) is 11.7. The van der Waals surface area contributed by atoms with E-state index in [1.54, 1.807) is 25.3 Å². The Morgan fingerprint density at radius 2 is 2.08 bits per heavy atom. The predicted octanol–water partition coefficient (Wildman–Crippen LogP) is 3.61. The molecule has 1 aliphatic heterocycles. The monoisotopic (exact) mass is 328 g/mol. The number of carbonyl (C=O) groups is 1. The summed E-state index contributed by atoms with van der Waals surface area (Å²) in [5.74, 6) is 0.412. The lowest BCUT2D eigenvalue weighted by molar-refractivity contribution is -0.117. The summed E-state index contributed by atoms with van der Waals surface area (Å²) in [6, 6.07) is 14.0. The number of amides is 1. The average Bonchev–Trinajstić information content (AvgIpc) is 3.03. The van der Waals surface area contributed by atoms with Crippen molar-refractivity contribution in [3.63, 3.8) is 0 Å². The highest BCUT2D eigenvalue weighted by Gasteiger charge is 2.27. The van der Waals surface area contributed by atoms with E-state index in [-0.39, 0.29) is 17.8 Å². The molecule has 1 unspecified atom stereocenters. The van der Waals surface area contributed by atoms with E-state index in [9.17, 15) is 9.18 Å². The third-order valence-electron chi connectivity index (χ3n) is 4.32. The van der Waals surface area contributed by atoms with Crippen molar-refractivity contribution >= 4 is 11.6 Å². The summed E-state index contributed by atoms with van der Waals surface area (Å²) < 4.78 is 18.3. The maximum atomic E-state index is 13.1. The molecule has 0 spiro atoms. The molecule has 1 amide bonds. The summed E-state index contributed by atoms with van der Waals surface area (Å²) in [5.41, 5.74) is 1.78. The van der Waals surface area contributed by atoms with Crippen LogP contribution in [0.2, 0.25) is 0 Å². The number of nitrogens with zero attached hydrogens (tertiary/aromatic N) is 1. The fourth-order valence-corrected chi connectivity index (χ4v) is 3.16. The second-order valence-electron chi connectivity index (χ2n) is 5.96. The lowest BCUT2D eigenvalue weighted by Crippen LogP contribution is -2.32. The van der Waals surface area contributed by atoms with Gasteiger partial charge in [0.05, 0.1) is 13.7 Å². The van der Waals surface area contributed by atoms with E-state index in [0.29, 0.717) is 12.3 Å². The molecule has 0 aliphatic carbocycles. The fourth-order valence-electron chi connectivity index (χ4n) is 3.16. The molecular weight excluding hydrogens is 307 g/mol. The largest absolute Gasteiger partial charge is 0.497 e. The maximum absolute atomic E-state index is 13.1. The zero-order chi connectivity index (χ0) is 16.9. The molecule has 0 bridgehead atoms. The van der Waals surface area contributed by atoms with Crippen LogP contribution < -0.4 is 10.1 Å². The molecule has 0 saturated carbocycles. The highest BCUT2D eigenvalue weighted by Crippen LogP contribution is 2.31. The summed E-state index contributed by atoms with van der Waals surface area (Å²) in [5, 5.41) is 2.90. The highest BCUT2D eigenvalue weighted by atomic mass is 19.1. The Morgan fingerprint density at radius 3 is 2.83 bits per heavy atom. The van der Waals surface area contributed by atoms with Crippen LogP contribution in [0.1, 0.15) is 24.4 Å². The van der Waals surface area contributed by atoms with Crippen molar-refractivity contribution in [2.24, 2.45) is 0 Å². The van der Waals surface area contributed by atoms with Gasteiger partial charge in [-0.1, -0.05) is 18.2 Å². The van der Waals surface area contributed by atoms with Gasteiger partial charge >= 0.3 is 0 Å². The third kappa shape index (κ3) is 3.92. The number of hydrogen-bond donors (Lipinski definition) is 1. The van der Waals surface area contributed by atoms with E-state index in [1.807, 2.05) is 18.2 Å². The summed E-state index contributed by atoms with van der Waals surface area (Å²) in [6.45, 7) is 1.19. The lowest BCUT2D eigenvalue weighted by Gasteiger charge is -2.24. The van der Waals surface area contributed by atoms with Crippen LogP contribution in [-0.2, 0) is 4.79 Å². The van der Waals surface area contributed by atoms with Gasteiger partial charge in [-0.3, -0.25) is 9.69 Å². The van der Waals surface area contributed by atoms with Gasteiger partial charge in [0.15, 0.2) is 0 Å². The number of benzene rings is 2. The molecule has 126 valence electrons. The van der Waals surface area contributed by atoms with E-state index in [4.69, 9.17) is 4.74 Å². The van der Waals surface area contributed by atoms with Gasteiger partial charge in [0.25, 0.3) is 0 Å². The Hall–Kier alpha value is -2.40. The number of likely N-dealkylation sites (tertiary alicyclic amines) is 1. The van der Waals surface area contributed by atoms with E-state index in [2.05, 4.69) is 10.2 Å². The zero-order valence-corrected chi connectivity index (χ0v) is 13.7. The van der Waals surface area contributed by atoms with Gasteiger partial charge in [-0.15, -0.1) is 0 Å². The van der Waals surface area contributed by atoms with Crippen molar-refractivity contribution in [1.82, 2.24) is 4.90 Å². The lowest BCUT2D eigenvalue weighted by atomic mass is 10.0. The molecular formula is C19H21FN2O2. The molecule has 1 saturated heterocycles. The van der Waals surface area contributed by atoms with Gasteiger partial charge in [0.1, 0.15) is 11.6 Å². The second-order valence-corrected chi connectivity index (χ2v) is 5.96. The summed E-state index contributed by atoms with van der Waals surface area (Å²) in [7, 11) is 1.60. The maximum Gasteiger partial charge on any atom is 0.238 e. The second kappa shape index (κ2) is 7.45. The molecule has 1 fully saturated rings. The molecule has 0 radical (unpaired) electrons. The number of ether oxygens (including phenoxy) is 1. The molecule has 3 rings (SSSR count). The number of methoxy groups -OCH3 is 1. The topological polar surface area (TPSA) is 41.6 Å². The van der Waals surface area contributed by atoms with Crippen LogP contribution in [0.15, 0.2) is 48.5 Å². The minimum atomic E-state index is -0.237. The first-order valence-corrected chi connectivity index (χ1v) is 8.09. The third-order valence-corrected chi connectivity index (χ3v) is 4.32. The van der Waals surface area contributed by atoms with E-state index in [1.165, 1.54) is 12.1 Å². The number of halogens is 1. The molecule has 5 heteroatoms. The summed E-state index contributed by atoms with van der Waals surface area (Å²) in [6.07, 6.45) is 2.02. The standard InChI is InChI=1S/C19H21FN2O2/c1-24-17-5-2-4-16(12-17)21-19(23)13-22-11-3-6-18(22)14-7-9-15(20)10-8-14/h2,4-5,7-10,12,18H,3,6,11,13H2,1H3,(H,21,23). The van der Waals surface area contributed by atoms with Crippen LogP contribution in [0.4, 0.5) is 10.1 Å². The van der Waals surface area contributed by atoms with E-state index < -0.39 is 0 Å². The van der Waals surface area contributed by atoms with Crippen molar-refractivity contribution in [3.8, 4) is 5.75 Å². The zero-order valence-electron chi connectivity index (χ0n) is 13.7. The van der Waals surface area contributed by atoms with Crippen LogP contribution in [-0.4, -0.2) is 31.0 Å². The fraction of sp³-hybridized carbons (Fsp3) is 0.316. The Labute approximate surface area is 141 Å². The van der Waals surface area contributed by atoms with E-state index in [0.717, 1.165) is 30.6 Å². The van der Waals surface area contributed by atoms with Crippen molar-refractivity contribution in [2.75, 3.05) is 25.5 Å². The van der Waals surface area contributed by atoms with Crippen LogP contribution in [0.25, 0.3) is 0 Å². The smallest absolute Gasteiger partial charge is 0.238 e. The molecule has 2 aromatic carbocycles. The minimum absolute atomic E-state index is 0.0581. The molecule has 0 aromatic heterocycles. The van der Waals surface area contributed by atoms with Crippen LogP contribution in [0.5, 0.6) is 5.75 Å². The van der Waals surface area contributed by atoms with Crippen molar-refractivity contribution < 1.29 is 13.9 Å².